The van der Waals surface area contributed by atoms with Crippen LogP contribution in [0.5, 0.6) is 5.75 Å². The highest BCUT2D eigenvalue weighted by Crippen LogP contribution is 2.21. The van der Waals surface area contributed by atoms with Crippen LogP contribution in [0.2, 0.25) is 0 Å². The maximum atomic E-state index is 13.8. The van der Waals surface area contributed by atoms with Crippen LogP contribution in [-0.4, -0.2) is 31.2 Å². The first kappa shape index (κ1) is 19.3. The minimum atomic E-state index is -0.560. The van der Waals surface area contributed by atoms with Crippen LogP contribution >= 0.6 is 23.7 Å². The molecule has 0 aliphatic rings. The van der Waals surface area contributed by atoms with E-state index >= 15 is 0 Å². The van der Waals surface area contributed by atoms with Gasteiger partial charge in [-0.15, -0.1) is 23.7 Å². The third-order valence-corrected chi connectivity index (χ3v) is 3.56. The highest BCUT2D eigenvalue weighted by atomic mass is 35.5. The van der Waals surface area contributed by atoms with E-state index in [1.807, 2.05) is 0 Å². The van der Waals surface area contributed by atoms with E-state index in [1.54, 1.807) is 11.4 Å². The number of nitrogens with one attached hydrogen (secondary N) is 1. The van der Waals surface area contributed by atoms with Gasteiger partial charge in [-0.05, 0) is 12.1 Å². The molecule has 0 aliphatic carbocycles. The minimum absolute atomic E-state index is 0. The molecular formula is C14H17ClFN3O3S. The zero-order valence-corrected chi connectivity index (χ0v) is 14.0. The van der Waals surface area contributed by atoms with Gasteiger partial charge in [0.2, 0.25) is 0 Å². The first-order chi connectivity index (χ1) is 10.6. The number of hydrogen-bond donors (Lipinski definition) is 2. The molecular weight excluding hydrogens is 345 g/mol. The summed E-state index contributed by atoms with van der Waals surface area (Å²) < 4.78 is 23.9. The summed E-state index contributed by atoms with van der Waals surface area (Å²) in [5.74, 6) is -0.868. The summed E-state index contributed by atoms with van der Waals surface area (Å²) in [5, 5.41) is 4.85. The highest BCUT2D eigenvalue weighted by molar-refractivity contribution is 7.09. The molecule has 0 saturated carbocycles. The molecule has 1 aromatic heterocycles. The minimum Gasteiger partial charge on any atom is -0.488 e. The second-order valence-electron chi connectivity index (χ2n) is 4.27. The van der Waals surface area contributed by atoms with Crippen molar-refractivity contribution >= 4 is 35.3 Å². The van der Waals surface area contributed by atoms with Gasteiger partial charge in [0.25, 0.3) is 5.91 Å². The van der Waals surface area contributed by atoms with Crippen LogP contribution in [0.4, 0.5) is 10.1 Å². The number of carbonyl (C=O) groups is 1. The SMILES string of the molecule is COCCOc1ccc(NC(=O)c2csc(CN)n2)cc1F.Cl. The molecule has 0 atom stereocenters. The molecule has 1 amide bonds. The summed E-state index contributed by atoms with van der Waals surface area (Å²) in [6.07, 6.45) is 0. The van der Waals surface area contributed by atoms with Crippen molar-refractivity contribution in [3.63, 3.8) is 0 Å². The number of nitrogens with zero attached hydrogens (tertiary/aromatic N) is 1. The van der Waals surface area contributed by atoms with E-state index in [9.17, 15) is 9.18 Å². The van der Waals surface area contributed by atoms with E-state index in [-0.39, 0.29) is 37.0 Å². The molecule has 126 valence electrons. The van der Waals surface area contributed by atoms with E-state index in [1.165, 1.54) is 30.6 Å². The zero-order valence-electron chi connectivity index (χ0n) is 12.4. The summed E-state index contributed by atoms with van der Waals surface area (Å²) in [6.45, 7) is 0.894. The molecule has 1 heterocycles. The Bertz CT molecular complexity index is 654. The largest absolute Gasteiger partial charge is 0.488 e. The normalized spacial score (nSPS) is 10.0. The van der Waals surface area contributed by atoms with E-state index in [0.29, 0.717) is 17.3 Å². The fourth-order valence-electron chi connectivity index (χ4n) is 1.63. The number of anilines is 1. The molecule has 2 rings (SSSR count). The molecule has 0 saturated heterocycles. The average molecular weight is 362 g/mol. The van der Waals surface area contributed by atoms with Crippen molar-refractivity contribution in [2.45, 2.75) is 6.54 Å². The summed E-state index contributed by atoms with van der Waals surface area (Å²) in [6, 6.07) is 4.20. The topological polar surface area (TPSA) is 86.5 Å². The standard InChI is InChI=1S/C14H16FN3O3S.ClH/c1-20-4-5-21-12-3-2-9(6-10(12)15)17-14(19)11-8-22-13(7-16)18-11;/h2-3,6,8H,4-5,7,16H2,1H3,(H,17,19);1H. The Kier molecular flexibility index (Phi) is 7.90. The summed E-state index contributed by atoms with van der Waals surface area (Å²) >= 11 is 1.30. The second kappa shape index (κ2) is 9.41. The Hall–Kier alpha value is -1.74. The van der Waals surface area contributed by atoms with Crippen molar-refractivity contribution in [3.8, 4) is 5.75 Å². The fourth-order valence-corrected chi connectivity index (χ4v) is 2.29. The molecule has 3 N–H and O–H groups in total. The molecule has 0 bridgehead atoms. The molecule has 23 heavy (non-hydrogen) atoms. The number of nitrogens with two attached hydrogens (primary N) is 1. The zero-order chi connectivity index (χ0) is 15.9. The Labute approximate surface area is 143 Å². The van der Waals surface area contributed by atoms with Crippen molar-refractivity contribution in [2.24, 2.45) is 5.73 Å². The van der Waals surface area contributed by atoms with E-state index in [0.717, 1.165) is 0 Å². The summed E-state index contributed by atoms with van der Waals surface area (Å²) in [7, 11) is 1.53. The molecule has 0 unspecified atom stereocenters. The number of ether oxygens (including phenoxy) is 2. The number of methoxy groups -OCH3 is 1. The lowest BCUT2D eigenvalue weighted by Crippen LogP contribution is -2.13. The molecule has 2 aromatic rings. The quantitative estimate of drug-likeness (QED) is 0.740. The smallest absolute Gasteiger partial charge is 0.275 e. The molecule has 6 nitrogen and oxygen atoms in total. The Morgan fingerprint density at radius 1 is 1.43 bits per heavy atom. The lowest BCUT2D eigenvalue weighted by molar-refractivity contribution is 0.102. The third-order valence-electron chi connectivity index (χ3n) is 2.69. The highest BCUT2D eigenvalue weighted by Gasteiger charge is 2.12. The number of hydrogen-bond acceptors (Lipinski definition) is 6. The van der Waals surface area contributed by atoms with Crippen molar-refractivity contribution in [2.75, 3.05) is 25.6 Å². The fraction of sp³-hybridized carbons (Fsp3) is 0.286. The first-order valence-corrected chi connectivity index (χ1v) is 7.39. The van der Waals surface area contributed by atoms with Crippen LogP contribution in [0.3, 0.4) is 0 Å². The Morgan fingerprint density at radius 3 is 2.83 bits per heavy atom. The predicted molar refractivity (Wildman–Crippen MR) is 89.0 cm³/mol. The third kappa shape index (κ3) is 5.43. The van der Waals surface area contributed by atoms with Crippen molar-refractivity contribution < 1.29 is 18.7 Å². The number of thiazole rings is 1. The van der Waals surface area contributed by atoms with E-state index in [2.05, 4.69) is 10.3 Å². The number of carbonyl (C=O) groups excluding carboxylic acids is 1. The molecule has 1 aromatic carbocycles. The maximum Gasteiger partial charge on any atom is 0.275 e. The number of aromatic nitrogens is 1. The number of benzene rings is 1. The van der Waals surface area contributed by atoms with Gasteiger partial charge in [0.15, 0.2) is 11.6 Å². The Balaban J connectivity index is 0.00000264. The molecule has 0 aliphatic heterocycles. The van der Waals surface area contributed by atoms with E-state index < -0.39 is 11.7 Å². The van der Waals surface area contributed by atoms with Gasteiger partial charge in [-0.25, -0.2) is 9.37 Å². The van der Waals surface area contributed by atoms with Crippen LogP contribution in [-0.2, 0) is 11.3 Å². The second-order valence-corrected chi connectivity index (χ2v) is 5.21. The van der Waals surface area contributed by atoms with Crippen molar-refractivity contribution in [1.29, 1.82) is 0 Å². The van der Waals surface area contributed by atoms with Gasteiger partial charge in [0.05, 0.1) is 6.61 Å². The van der Waals surface area contributed by atoms with Crippen LogP contribution < -0.4 is 15.8 Å². The number of halogens is 2. The predicted octanol–water partition coefficient (Wildman–Crippen LogP) is 2.44. The molecule has 0 fully saturated rings. The van der Waals surface area contributed by atoms with Gasteiger partial charge in [-0.2, -0.15) is 0 Å². The van der Waals surface area contributed by atoms with Crippen LogP contribution in [0.1, 0.15) is 15.5 Å². The Morgan fingerprint density at radius 2 is 2.22 bits per heavy atom. The van der Waals surface area contributed by atoms with Gasteiger partial charge in [-0.3, -0.25) is 4.79 Å². The van der Waals surface area contributed by atoms with Gasteiger partial charge in [0.1, 0.15) is 17.3 Å². The van der Waals surface area contributed by atoms with Gasteiger partial charge in [-0.1, -0.05) is 0 Å². The summed E-state index contributed by atoms with van der Waals surface area (Å²) in [4.78, 5) is 16.0. The molecule has 0 radical (unpaired) electrons. The van der Waals surface area contributed by atoms with Gasteiger partial charge < -0.3 is 20.5 Å². The van der Waals surface area contributed by atoms with Crippen molar-refractivity contribution in [1.82, 2.24) is 4.98 Å². The van der Waals surface area contributed by atoms with Crippen molar-refractivity contribution in [3.05, 3.63) is 40.1 Å². The van der Waals surface area contributed by atoms with Crippen LogP contribution in [0, 0.1) is 5.82 Å². The number of rotatable bonds is 7. The monoisotopic (exact) mass is 361 g/mol. The van der Waals surface area contributed by atoms with Gasteiger partial charge >= 0.3 is 0 Å². The average Bonchev–Trinajstić information content (AvgIpc) is 2.99. The lowest BCUT2D eigenvalue weighted by Gasteiger charge is -2.08. The molecule has 0 spiro atoms. The summed E-state index contributed by atoms with van der Waals surface area (Å²) in [5.41, 5.74) is 6.03. The molecule has 9 heteroatoms. The van der Waals surface area contributed by atoms with E-state index in [4.69, 9.17) is 15.2 Å². The lowest BCUT2D eigenvalue weighted by atomic mass is 10.2. The van der Waals surface area contributed by atoms with Gasteiger partial charge in [0, 0.05) is 30.8 Å². The van der Waals surface area contributed by atoms with Crippen LogP contribution in [0.25, 0.3) is 0 Å². The first-order valence-electron chi connectivity index (χ1n) is 6.51. The van der Waals surface area contributed by atoms with Crippen LogP contribution in [0.15, 0.2) is 23.6 Å². The number of amides is 1. The maximum absolute atomic E-state index is 13.8.